The van der Waals surface area contributed by atoms with Crippen molar-refractivity contribution in [2.45, 2.75) is 57.5 Å². The van der Waals surface area contributed by atoms with Crippen LogP contribution in [0.25, 0.3) is 0 Å². The molecular formula is C15H24N2O2S. The third-order valence-electron chi connectivity index (χ3n) is 4.05. The van der Waals surface area contributed by atoms with E-state index in [1.165, 1.54) is 0 Å². The Balaban J connectivity index is 2.19. The molecule has 3 N–H and O–H groups in total. The first kappa shape index (κ1) is 15.5. The molecule has 0 saturated heterocycles. The quantitative estimate of drug-likeness (QED) is 0.895. The highest BCUT2D eigenvalue weighted by Crippen LogP contribution is 2.37. The van der Waals surface area contributed by atoms with Gasteiger partial charge in [0.2, 0.25) is 10.0 Å². The summed E-state index contributed by atoms with van der Waals surface area (Å²) in [6.07, 6.45) is 2.86. The second-order valence-electron chi connectivity index (χ2n) is 6.53. The van der Waals surface area contributed by atoms with Crippen molar-refractivity contribution in [3.05, 3.63) is 29.3 Å². The van der Waals surface area contributed by atoms with Gasteiger partial charge < -0.3 is 5.73 Å². The molecule has 1 unspecified atom stereocenters. The van der Waals surface area contributed by atoms with Gasteiger partial charge >= 0.3 is 0 Å². The van der Waals surface area contributed by atoms with Crippen molar-refractivity contribution in [2.24, 2.45) is 11.1 Å². The number of rotatable bonds is 4. The number of nitrogens with two attached hydrogens (primary N) is 1. The second-order valence-corrected chi connectivity index (χ2v) is 8.21. The average molecular weight is 296 g/mol. The SMILES string of the molecule is Cc1cc(CN)ccc1S(=O)(=O)NC1CCC(C)(C)C1. The molecule has 1 aliphatic rings. The lowest BCUT2D eigenvalue weighted by molar-refractivity contribution is 0.372. The summed E-state index contributed by atoms with van der Waals surface area (Å²) in [5, 5.41) is 0. The maximum Gasteiger partial charge on any atom is 0.241 e. The maximum absolute atomic E-state index is 12.5. The molecule has 1 aliphatic carbocycles. The minimum absolute atomic E-state index is 0.0450. The molecule has 1 atom stereocenters. The van der Waals surface area contributed by atoms with E-state index in [1.807, 2.05) is 13.0 Å². The standard InChI is InChI=1S/C15H24N2O2S/c1-11-8-12(10-16)4-5-14(11)20(18,19)17-13-6-7-15(2,3)9-13/h4-5,8,13,17H,6-7,9-10,16H2,1-3H3. The Kier molecular flexibility index (Phi) is 4.23. The van der Waals surface area contributed by atoms with Crippen molar-refractivity contribution in [3.63, 3.8) is 0 Å². The lowest BCUT2D eigenvalue weighted by Gasteiger charge is -2.18. The number of benzene rings is 1. The van der Waals surface area contributed by atoms with Gasteiger partial charge in [0.25, 0.3) is 0 Å². The summed E-state index contributed by atoms with van der Waals surface area (Å²) in [5.74, 6) is 0. The molecule has 0 bridgehead atoms. The summed E-state index contributed by atoms with van der Waals surface area (Å²) >= 11 is 0. The van der Waals surface area contributed by atoms with Crippen molar-refractivity contribution in [1.82, 2.24) is 4.72 Å². The molecule has 0 amide bonds. The monoisotopic (exact) mass is 296 g/mol. The van der Waals surface area contributed by atoms with Crippen LogP contribution in [0.15, 0.2) is 23.1 Å². The Hall–Kier alpha value is -0.910. The molecule has 1 aromatic rings. The largest absolute Gasteiger partial charge is 0.326 e. The Bertz CT molecular complexity index is 594. The minimum atomic E-state index is -3.44. The van der Waals surface area contributed by atoms with Gasteiger partial charge in [-0.1, -0.05) is 26.0 Å². The van der Waals surface area contributed by atoms with Gasteiger partial charge in [-0.05, 0) is 48.8 Å². The summed E-state index contributed by atoms with van der Waals surface area (Å²) in [7, 11) is -3.44. The third kappa shape index (κ3) is 3.40. The number of aryl methyl sites for hydroxylation is 1. The van der Waals surface area contributed by atoms with Crippen LogP contribution in [0.2, 0.25) is 0 Å². The lowest BCUT2D eigenvalue weighted by atomic mass is 9.92. The first-order valence-corrected chi connectivity index (χ1v) is 8.54. The topological polar surface area (TPSA) is 72.2 Å². The molecule has 1 aromatic carbocycles. The molecule has 0 aromatic heterocycles. The van der Waals surface area contributed by atoms with E-state index in [0.29, 0.717) is 11.4 Å². The van der Waals surface area contributed by atoms with Gasteiger partial charge in [0.05, 0.1) is 4.90 Å². The first-order valence-electron chi connectivity index (χ1n) is 7.05. The average Bonchev–Trinajstić information content (AvgIpc) is 2.67. The zero-order valence-electron chi connectivity index (χ0n) is 12.4. The van der Waals surface area contributed by atoms with Gasteiger partial charge in [-0.25, -0.2) is 13.1 Å². The van der Waals surface area contributed by atoms with Crippen LogP contribution in [0.3, 0.4) is 0 Å². The van der Waals surface area contributed by atoms with E-state index in [0.717, 1.165) is 30.4 Å². The van der Waals surface area contributed by atoms with Crippen molar-refractivity contribution >= 4 is 10.0 Å². The first-order chi connectivity index (χ1) is 9.23. The molecule has 0 spiro atoms. The van der Waals surface area contributed by atoms with Crippen molar-refractivity contribution in [1.29, 1.82) is 0 Å². The van der Waals surface area contributed by atoms with Gasteiger partial charge in [0.1, 0.15) is 0 Å². The summed E-state index contributed by atoms with van der Waals surface area (Å²) in [4.78, 5) is 0.361. The second kappa shape index (κ2) is 5.47. The Labute approximate surface area is 121 Å². The van der Waals surface area contributed by atoms with E-state index in [-0.39, 0.29) is 11.5 Å². The van der Waals surface area contributed by atoms with Crippen molar-refractivity contribution in [3.8, 4) is 0 Å². The highest BCUT2D eigenvalue weighted by atomic mass is 32.2. The van der Waals surface area contributed by atoms with Crippen LogP contribution in [0.4, 0.5) is 0 Å². The molecule has 2 rings (SSSR count). The van der Waals surface area contributed by atoms with Gasteiger partial charge in [-0.15, -0.1) is 0 Å². The Morgan fingerprint density at radius 1 is 1.40 bits per heavy atom. The maximum atomic E-state index is 12.5. The third-order valence-corrected chi connectivity index (χ3v) is 5.74. The summed E-state index contributed by atoms with van der Waals surface area (Å²) in [6.45, 7) is 6.60. The fourth-order valence-electron chi connectivity index (χ4n) is 2.96. The molecule has 4 nitrogen and oxygen atoms in total. The molecule has 0 radical (unpaired) electrons. The molecule has 20 heavy (non-hydrogen) atoms. The molecule has 112 valence electrons. The number of hydrogen-bond acceptors (Lipinski definition) is 3. The van der Waals surface area contributed by atoms with Crippen LogP contribution in [-0.2, 0) is 16.6 Å². The van der Waals surface area contributed by atoms with Gasteiger partial charge in [-0.3, -0.25) is 0 Å². The van der Waals surface area contributed by atoms with Gasteiger partial charge in [0, 0.05) is 12.6 Å². The Morgan fingerprint density at radius 3 is 2.60 bits per heavy atom. The van der Waals surface area contributed by atoms with Crippen LogP contribution >= 0.6 is 0 Å². The van der Waals surface area contributed by atoms with Crippen LogP contribution in [0.1, 0.15) is 44.2 Å². The highest BCUT2D eigenvalue weighted by Gasteiger charge is 2.33. The predicted molar refractivity (Wildman–Crippen MR) is 80.8 cm³/mol. The fourth-order valence-corrected chi connectivity index (χ4v) is 4.46. The fraction of sp³-hybridized carbons (Fsp3) is 0.600. The molecule has 5 heteroatoms. The summed E-state index contributed by atoms with van der Waals surface area (Å²) < 4.78 is 27.8. The van der Waals surface area contributed by atoms with Crippen LogP contribution in [0.5, 0.6) is 0 Å². The van der Waals surface area contributed by atoms with Crippen molar-refractivity contribution in [2.75, 3.05) is 0 Å². The minimum Gasteiger partial charge on any atom is -0.326 e. The smallest absolute Gasteiger partial charge is 0.241 e. The summed E-state index contributed by atoms with van der Waals surface area (Å²) in [5.41, 5.74) is 7.50. The zero-order valence-corrected chi connectivity index (χ0v) is 13.3. The number of hydrogen-bond donors (Lipinski definition) is 2. The van der Waals surface area contributed by atoms with E-state index < -0.39 is 10.0 Å². The van der Waals surface area contributed by atoms with Gasteiger partial charge in [0.15, 0.2) is 0 Å². The van der Waals surface area contributed by atoms with Crippen LogP contribution < -0.4 is 10.5 Å². The van der Waals surface area contributed by atoms with Crippen molar-refractivity contribution < 1.29 is 8.42 Å². The zero-order chi connectivity index (χ0) is 15.0. The number of sulfonamides is 1. The van der Waals surface area contributed by atoms with E-state index in [4.69, 9.17) is 5.73 Å². The van der Waals surface area contributed by atoms with Crippen LogP contribution in [0, 0.1) is 12.3 Å². The van der Waals surface area contributed by atoms with E-state index >= 15 is 0 Å². The highest BCUT2D eigenvalue weighted by molar-refractivity contribution is 7.89. The number of nitrogens with one attached hydrogen (secondary N) is 1. The van der Waals surface area contributed by atoms with E-state index in [1.54, 1.807) is 12.1 Å². The molecule has 0 heterocycles. The molecule has 1 fully saturated rings. The van der Waals surface area contributed by atoms with E-state index in [2.05, 4.69) is 18.6 Å². The van der Waals surface area contributed by atoms with Gasteiger partial charge in [-0.2, -0.15) is 0 Å². The molecule has 0 aliphatic heterocycles. The predicted octanol–water partition coefficient (Wildman–Crippen LogP) is 2.31. The molecular weight excluding hydrogens is 272 g/mol. The lowest BCUT2D eigenvalue weighted by Crippen LogP contribution is -2.34. The van der Waals surface area contributed by atoms with Crippen LogP contribution in [-0.4, -0.2) is 14.5 Å². The normalized spacial score (nSPS) is 22.1. The summed E-state index contributed by atoms with van der Waals surface area (Å²) in [6, 6.07) is 5.32. The molecule has 1 saturated carbocycles. The Morgan fingerprint density at radius 2 is 2.10 bits per heavy atom. The van der Waals surface area contributed by atoms with E-state index in [9.17, 15) is 8.42 Å².